The lowest BCUT2D eigenvalue weighted by Crippen LogP contribution is -2.24. The van der Waals surface area contributed by atoms with E-state index in [1.807, 2.05) is 12.1 Å². The summed E-state index contributed by atoms with van der Waals surface area (Å²) >= 11 is 12.5. The Kier molecular flexibility index (Phi) is 5.77. The maximum absolute atomic E-state index is 6.26. The van der Waals surface area contributed by atoms with E-state index in [1.165, 1.54) is 0 Å². The van der Waals surface area contributed by atoms with Crippen LogP contribution in [0, 0.1) is 0 Å². The zero-order valence-corrected chi connectivity index (χ0v) is 12.8. The highest BCUT2D eigenvalue weighted by molar-refractivity contribution is 6.31. The second kappa shape index (κ2) is 7.58. The van der Waals surface area contributed by atoms with Gasteiger partial charge in [0.25, 0.3) is 0 Å². The minimum atomic E-state index is 0.116. The van der Waals surface area contributed by atoms with E-state index in [9.17, 15) is 0 Å². The van der Waals surface area contributed by atoms with E-state index in [-0.39, 0.29) is 6.04 Å². The number of halogens is 2. The minimum Gasteiger partial charge on any atom is -0.310 e. The molecule has 0 amide bonds. The SMILES string of the molecule is CCCNC(Cc1ccncc1Cl)c1ccncc1Cl. The zero-order valence-electron chi connectivity index (χ0n) is 11.3. The summed E-state index contributed by atoms with van der Waals surface area (Å²) in [6.07, 6.45) is 8.68. The van der Waals surface area contributed by atoms with Gasteiger partial charge in [-0.1, -0.05) is 30.1 Å². The summed E-state index contributed by atoms with van der Waals surface area (Å²) in [4.78, 5) is 8.05. The molecule has 106 valence electrons. The third-order valence-corrected chi connectivity index (χ3v) is 3.76. The molecule has 20 heavy (non-hydrogen) atoms. The van der Waals surface area contributed by atoms with Gasteiger partial charge in [0.15, 0.2) is 0 Å². The zero-order chi connectivity index (χ0) is 14.4. The quantitative estimate of drug-likeness (QED) is 0.874. The van der Waals surface area contributed by atoms with Crippen molar-refractivity contribution in [2.45, 2.75) is 25.8 Å². The standard InChI is InChI=1S/C15H17Cl2N3/c1-2-5-20-15(12-4-7-19-10-14(12)17)8-11-3-6-18-9-13(11)16/h3-4,6-7,9-10,15,20H,2,5,8H2,1H3. The highest BCUT2D eigenvalue weighted by atomic mass is 35.5. The summed E-state index contributed by atoms with van der Waals surface area (Å²) in [5.41, 5.74) is 2.10. The van der Waals surface area contributed by atoms with Gasteiger partial charge in [-0.3, -0.25) is 9.97 Å². The van der Waals surface area contributed by atoms with Gasteiger partial charge in [-0.15, -0.1) is 0 Å². The lowest BCUT2D eigenvalue weighted by atomic mass is 10.00. The average molecular weight is 310 g/mol. The maximum atomic E-state index is 6.26. The molecule has 1 atom stereocenters. The normalized spacial score (nSPS) is 12.3. The Morgan fingerprint density at radius 3 is 2.45 bits per heavy atom. The van der Waals surface area contributed by atoms with Crippen LogP contribution in [0.15, 0.2) is 36.9 Å². The molecule has 0 aliphatic rings. The van der Waals surface area contributed by atoms with E-state index in [2.05, 4.69) is 22.2 Å². The van der Waals surface area contributed by atoms with Gasteiger partial charge in [0.05, 0.1) is 10.0 Å². The Morgan fingerprint density at radius 2 is 1.80 bits per heavy atom. The first-order valence-electron chi connectivity index (χ1n) is 6.63. The first-order chi connectivity index (χ1) is 9.72. The van der Waals surface area contributed by atoms with E-state index in [1.54, 1.807) is 24.8 Å². The van der Waals surface area contributed by atoms with Crippen molar-refractivity contribution in [3.63, 3.8) is 0 Å². The highest BCUT2D eigenvalue weighted by Crippen LogP contribution is 2.27. The van der Waals surface area contributed by atoms with E-state index in [4.69, 9.17) is 23.2 Å². The molecule has 0 radical (unpaired) electrons. The number of nitrogens with one attached hydrogen (secondary N) is 1. The molecule has 0 saturated carbocycles. The summed E-state index contributed by atoms with van der Waals surface area (Å²) < 4.78 is 0. The van der Waals surface area contributed by atoms with E-state index < -0.39 is 0 Å². The van der Waals surface area contributed by atoms with E-state index in [0.29, 0.717) is 10.0 Å². The van der Waals surface area contributed by atoms with Crippen molar-refractivity contribution in [2.75, 3.05) is 6.54 Å². The predicted molar refractivity (Wildman–Crippen MR) is 83.2 cm³/mol. The molecule has 0 bridgehead atoms. The van der Waals surface area contributed by atoms with Crippen molar-refractivity contribution in [3.05, 3.63) is 58.1 Å². The molecular weight excluding hydrogens is 293 g/mol. The molecule has 2 aromatic rings. The predicted octanol–water partition coefficient (Wildman–Crippen LogP) is 4.07. The van der Waals surface area contributed by atoms with Crippen molar-refractivity contribution in [1.82, 2.24) is 15.3 Å². The van der Waals surface area contributed by atoms with E-state index >= 15 is 0 Å². The van der Waals surface area contributed by atoms with Crippen LogP contribution < -0.4 is 5.32 Å². The van der Waals surface area contributed by atoms with Crippen molar-refractivity contribution < 1.29 is 0 Å². The van der Waals surface area contributed by atoms with Gasteiger partial charge in [0, 0.05) is 30.8 Å². The third kappa shape index (κ3) is 3.92. The summed E-state index contributed by atoms with van der Waals surface area (Å²) in [7, 11) is 0. The van der Waals surface area contributed by atoms with Crippen LogP contribution in [-0.4, -0.2) is 16.5 Å². The lowest BCUT2D eigenvalue weighted by molar-refractivity contribution is 0.529. The first kappa shape index (κ1) is 15.2. The summed E-state index contributed by atoms with van der Waals surface area (Å²) in [5.74, 6) is 0. The molecule has 2 heterocycles. The Labute approximate surface area is 129 Å². The Balaban J connectivity index is 2.24. The van der Waals surface area contributed by atoms with E-state index in [0.717, 1.165) is 30.5 Å². The number of rotatable bonds is 6. The summed E-state index contributed by atoms with van der Waals surface area (Å²) in [6, 6.07) is 4.01. The fourth-order valence-electron chi connectivity index (χ4n) is 2.07. The molecule has 0 aliphatic carbocycles. The molecule has 2 rings (SSSR count). The van der Waals surface area contributed by atoms with Crippen molar-refractivity contribution in [1.29, 1.82) is 0 Å². The van der Waals surface area contributed by atoms with Crippen LogP contribution in [0.5, 0.6) is 0 Å². The number of hydrogen-bond acceptors (Lipinski definition) is 3. The van der Waals surface area contributed by atoms with Crippen LogP contribution in [0.25, 0.3) is 0 Å². The molecule has 1 N–H and O–H groups in total. The molecule has 0 spiro atoms. The molecule has 0 fully saturated rings. The highest BCUT2D eigenvalue weighted by Gasteiger charge is 2.16. The second-order valence-electron chi connectivity index (χ2n) is 4.58. The lowest BCUT2D eigenvalue weighted by Gasteiger charge is -2.20. The Bertz CT molecular complexity index is 560. The van der Waals surface area contributed by atoms with Gasteiger partial charge in [0.2, 0.25) is 0 Å². The summed E-state index contributed by atoms with van der Waals surface area (Å²) in [5, 5.41) is 4.86. The summed E-state index contributed by atoms with van der Waals surface area (Å²) in [6.45, 7) is 3.06. The Morgan fingerprint density at radius 1 is 1.10 bits per heavy atom. The molecule has 0 saturated heterocycles. The number of nitrogens with zero attached hydrogens (tertiary/aromatic N) is 2. The molecule has 1 unspecified atom stereocenters. The first-order valence-corrected chi connectivity index (χ1v) is 7.39. The monoisotopic (exact) mass is 309 g/mol. The largest absolute Gasteiger partial charge is 0.310 e. The van der Waals surface area contributed by atoms with Gasteiger partial charge in [0.1, 0.15) is 0 Å². The fraction of sp³-hybridized carbons (Fsp3) is 0.333. The van der Waals surface area contributed by atoms with Crippen molar-refractivity contribution in [2.24, 2.45) is 0 Å². The van der Waals surface area contributed by atoms with Crippen LogP contribution >= 0.6 is 23.2 Å². The minimum absolute atomic E-state index is 0.116. The molecule has 5 heteroatoms. The van der Waals surface area contributed by atoms with Crippen molar-refractivity contribution >= 4 is 23.2 Å². The fourth-order valence-corrected chi connectivity index (χ4v) is 2.52. The van der Waals surface area contributed by atoms with Crippen LogP contribution in [0.1, 0.15) is 30.5 Å². The second-order valence-corrected chi connectivity index (χ2v) is 5.39. The number of pyridine rings is 2. The number of aromatic nitrogens is 2. The maximum Gasteiger partial charge on any atom is 0.0637 e. The van der Waals surface area contributed by atoms with Gasteiger partial charge in [-0.05, 0) is 42.6 Å². The van der Waals surface area contributed by atoms with Gasteiger partial charge >= 0.3 is 0 Å². The van der Waals surface area contributed by atoms with Crippen LogP contribution in [0.2, 0.25) is 10.0 Å². The van der Waals surface area contributed by atoms with Gasteiger partial charge in [-0.25, -0.2) is 0 Å². The number of hydrogen-bond donors (Lipinski definition) is 1. The molecule has 2 aromatic heterocycles. The van der Waals surface area contributed by atoms with Crippen LogP contribution in [0.4, 0.5) is 0 Å². The molecular formula is C15H17Cl2N3. The van der Waals surface area contributed by atoms with Crippen LogP contribution in [-0.2, 0) is 6.42 Å². The molecule has 0 aliphatic heterocycles. The molecule has 3 nitrogen and oxygen atoms in total. The van der Waals surface area contributed by atoms with Gasteiger partial charge < -0.3 is 5.32 Å². The topological polar surface area (TPSA) is 37.8 Å². The van der Waals surface area contributed by atoms with Crippen LogP contribution in [0.3, 0.4) is 0 Å². The average Bonchev–Trinajstić information content (AvgIpc) is 2.46. The Hall–Kier alpha value is -1.16. The van der Waals surface area contributed by atoms with Crippen molar-refractivity contribution in [3.8, 4) is 0 Å². The van der Waals surface area contributed by atoms with Gasteiger partial charge in [-0.2, -0.15) is 0 Å². The molecule has 0 aromatic carbocycles. The smallest absolute Gasteiger partial charge is 0.0637 e. The third-order valence-electron chi connectivity index (χ3n) is 3.10.